The molecule has 3 heterocycles. The van der Waals surface area contributed by atoms with E-state index in [1.807, 2.05) is 22.7 Å². The highest BCUT2D eigenvalue weighted by Crippen LogP contribution is 2.31. The smallest absolute Gasteiger partial charge is 0.230 e. The molecule has 0 aliphatic rings. The molecule has 5 heteroatoms. The van der Waals surface area contributed by atoms with Crippen LogP contribution >= 0.6 is 0 Å². The Hall–Kier alpha value is -4.38. The number of hydrogen-bond donors (Lipinski definition) is 2. The second-order valence-corrected chi connectivity index (χ2v) is 9.94. The number of aromatic amines is 1. The fourth-order valence-corrected chi connectivity index (χ4v) is 5.21. The monoisotopic (exact) mass is 486 g/mol. The lowest BCUT2D eigenvalue weighted by atomic mass is 10.0. The highest BCUT2D eigenvalue weighted by Gasteiger charge is 2.18. The topological polar surface area (TPSA) is 62.2 Å². The zero-order valence-electron chi connectivity index (χ0n) is 21.6. The third kappa shape index (κ3) is 4.06. The van der Waals surface area contributed by atoms with E-state index in [-0.39, 0.29) is 12.3 Å². The Morgan fingerprint density at radius 1 is 0.946 bits per heavy atom. The van der Waals surface area contributed by atoms with Gasteiger partial charge in [-0.3, -0.25) is 4.79 Å². The van der Waals surface area contributed by atoms with E-state index in [4.69, 9.17) is 4.98 Å². The van der Waals surface area contributed by atoms with Crippen LogP contribution in [0.5, 0.6) is 0 Å². The van der Waals surface area contributed by atoms with Crippen molar-refractivity contribution in [3.8, 4) is 11.3 Å². The second kappa shape index (κ2) is 8.93. The number of nitrogens with one attached hydrogen (secondary N) is 2. The lowest BCUT2D eigenvalue weighted by Crippen LogP contribution is -2.16. The van der Waals surface area contributed by atoms with Gasteiger partial charge in [0.1, 0.15) is 5.65 Å². The Morgan fingerprint density at radius 3 is 2.62 bits per heavy atom. The number of benzene rings is 3. The minimum absolute atomic E-state index is 0.0721. The third-order valence-corrected chi connectivity index (χ3v) is 7.37. The number of nitrogens with zero attached hydrogens (tertiary/aromatic N) is 2. The molecule has 3 aromatic carbocycles. The Kier molecular flexibility index (Phi) is 5.56. The molecule has 1 amide bonds. The van der Waals surface area contributed by atoms with E-state index < -0.39 is 0 Å². The normalized spacial score (nSPS) is 11.6. The summed E-state index contributed by atoms with van der Waals surface area (Å²) in [4.78, 5) is 21.8. The number of amides is 1. The number of hydrogen-bond acceptors (Lipinski definition) is 2. The van der Waals surface area contributed by atoms with E-state index in [0.717, 1.165) is 51.2 Å². The van der Waals surface area contributed by atoms with Crippen molar-refractivity contribution in [1.29, 1.82) is 0 Å². The predicted octanol–water partition coefficient (Wildman–Crippen LogP) is 7.30. The van der Waals surface area contributed by atoms with Crippen molar-refractivity contribution in [2.24, 2.45) is 0 Å². The number of fused-ring (bicyclic) bond motifs is 4. The van der Waals surface area contributed by atoms with Gasteiger partial charge in [-0.2, -0.15) is 0 Å². The van der Waals surface area contributed by atoms with Crippen LogP contribution in [0.2, 0.25) is 0 Å². The minimum Gasteiger partial charge on any atom is -0.354 e. The molecule has 0 spiro atoms. The molecule has 0 aliphatic heterocycles. The summed E-state index contributed by atoms with van der Waals surface area (Å²) in [5.41, 5.74) is 11.5. The van der Waals surface area contributed by atoms with Crippen LogP contribution in [0, 0.1) is 20.8 Å². The van der Waals surface area contributed by atoms with Crippen LogP contribution in [0.4, 0.5) is 5.69 Å². The first kappa shape index (κ1) is 23.0. The molecule has 184 valence electrons. The molecule has 0 radical (unpaired) electrons. The second-order valence-electron chi connectivity index (χ2n) is 9.94. The molecule has 0 aliphatic carbocycles. The average Bonchev–Trinajstić information content (AvgIpc) is 3.43. The van der Waals surface area contributed by atoms with Gasteiger partial charge in [0.15, 0.2) is 0 Å². The number of H-pyrrole nitrogens is 1. The fraction of sp³-hybridized carbons (Fsp3) is 0.188. The summed E-state index contributed by atoms with van der Waals surface area (Å²) in [6, 6.07) is 23.0. The predicted molar refractivity (Wildman–Crippen MR) is 152 cm³/mol. The van der Waals surface area contributed by atoms with Crippen LogP contribution < -0.4 is 5.32 Å². The quantitative estimate of drug-likeness (QED) is 0.268. The molecule has 0 saturated carbocycles. The van der Waals surface area contributed by atoms with E-state index in [2.05, 4.69) is 92.6 Å². The molecule has 0 unspecified atom stereocenters. The van der Waals surface area contributed by atoms with E-state index >= 15 is 0 Å². The first-order chi connectivity index (χ1) is 17.9. The van der Waals surface area contributed by atoms with Crippen molar-refractivity contribution in [2.75, 3.05) is 5.32 Å². The van der Waals surface area contributed by atoms with Crippen molar-refractivity contribution in [3.05, 3.63) is 101 Å². The van der Waals surface area contributed by atoms with E-state index in [1.165, 1.54) is 27.6 Å². The Morgan fingerprint density at radius 2 is 1.81 bits per heavy atom. The number of rotatable bonds is 5. The molecule has 0 fully saturated rings. The van der Waals surface area contributed by atoms with Gasteiger partial charge < -0.3 is 14.7 Å². The third-order valence-electron chi connectivity index (χ3n) is 7.37. The minimum atomic E-state index is -0.0721. The fourth-order valence-electron chi connectivity index (χ4n) is 5.21. The summed E-state index contributed by atoms with van der Waals surface area (Å²) in [5, 5.41) is 5.50. The van der Waals surface area contributed by atoms with Crippen molar-refractivity contribution in [3.63, 3.8) is 0 Å². The van der Waals surface area contributed by atoms with Crippen LogP contribution in [-0.4, -0.2) is 20.3 Å². The van der Waals surface area contributed by atoms with Crippen LogP contribution in [0.15, 0.2) is 72.9 Å². The molecule has 0 saturated heterocycles. The molecule has 0 atom stereocenters. The summed E-state index contributed by atoms with van der Waals surface area (Å²) in [5.74, 6) is -0.0721. The van der Waals surface area contributed by atoms with Crippen LogP contribution in [0.3, 0.4) is 0 Å². The van der Waals surface area contributed by atoms with E-state index in [9.17, 15) is 4.79 Å². The molecule has 0 bridgehead atoms. The van der Waals surface area contributed by atoms with Gasteiger partial charge in [-0.1, -0.05) is 43.3 Å². The number of aryl methyl sites for hydroxylation is 4. The van der Waals surface area contributed by atoms with Gasteiger partial charge in [-0.05, 0) is 79.8 Å². The zero-order chi connectivity index (χ0) is 25.7. The summed E-state index contributed by atoms with van der Waals surface area (Å²) < 4.78 is 2.03. The lowest BCUT2D eigenvalue weighted by molar-refractivity contribution is -0.115. The summed E-state index contributed by atoms with van der Waals surface area (Å²) in [7, 11) is 0. The van der Waals surface area contributed by atoms with Gasteiger partial charge in [0.2, 0.25) is 5.91 Å². The molecule has 2 N–H and O–H groups in total. The first-order valence-corrected chi connectivity index (χ1v) is 12.8. The molecular weight excluding hydrogens is 456 g/mol. The molecule has 6 aromatic rings. The maximum absolute atomic E-state index is 13.3. The van der Waals surface area contributed by atoms with Gasteiger partial charge >= 0.3 is 0 Å². The number of anilines is 1. The number of para-hydroxylation sites is 1. The molecule has 6 rings (SSSR count). The average molecular weight is 487 g/mol. The lowest BCUT2D eigenvalue weighted by Gasteiger charge is -2.09. The summed E-state index contributed by atoms with van der Waals surface area (Å²) in [6.45, 7) is 8.43. The van der Waals surface area contributed by atoms with Crippen LogP contribution in [0.1, 0.15) is 34.9 Å². The SMILES string of the molecule is CCc1cccc2c1[nH]c1cc(NC(=O)Cc3c(-c4ccc(C)c(C)c4)nc4cc(C)ccn34)ccc12. The van der Waals surface area contributed by atoms with Crippen molar-refractivity contribution >= 4 is 39.0 Å². The van der Waals surface area contributed by atoms with Gasteiger partial charge in [-0.15, -0.1) is 0 Å². The molecule has 37 heavy (non-hydrogen) atoms. The van der Waals surface area contributed by atoms with Crippen molar-refractivity contribution in [1.82, 2.24) is 14.4 Å². The zero-order valence-corrected chi connectivity index (χ0v) is 21.6. The van der Waals surface area contributed by atoms with Gasteiger partial charge in [0.05, 0.1) is 17.8 Å². The Balaban J connectivity index is 1.35. The van der Waals surface area contributed by atoms with Gasteiger partial charge in [-0.25, -0.2) is 4.98 Å². The standard InChI is InChI=1S/C32H30N4O/c1-5-22-7-6-8-26-25-12-11-24(17-27(25)34-31(22)26)33-30(37)18-28-32(23-10-9-20(3)21(4)16-23)35-29-15-19(2)13-14-36(28)29/h6-17,34H,5,18H2,1-4H3,(H,33,37). The maximum Gasteiger partial charge on any atom is 0.230 e. The summed E-state index contributed by atoms with van der Waals surface area (Å²) in [6.07, 6.45) is 3.19. The van der Waals surface area contributed by atoms with Crippen molar-refractivity contribution < 1.29 is 4.79 Å². The number of pyridine rings is 1. The Labute approximate surface area is 216 Å². The number of carbonyl (C=O) groups excluding carboxylic acids is 1. The highest BCUT2D eigenvalue weighted by molar-refractivity contribution is 6.09. The van der Waals surface area contributed by atoms with Gasteiger partial charge in [0, 0.05) is 39.3 Å². The highest BCUT2D eigenvalue weighted by atomic mass is 16.1. The molecule has 5 nitrogen and oxygen atoms in total. The summed E-state index contributed by atoms with van der Waals surface area (Å²) >= 11 is 0. The van der Waals surface area contributed by atoms with E-state index in [0.29, 0.717) is 0 Å². The molecule has 3 aromatic heterocycles. The van der Waals surface area contributed by atoms with Crippen LogP contribution in [0.25, 0.3) is 38.7 Å². The number of aromatic nitrogens is 3. The maximum atomic E-state index is 13.3. The van der Waals surface area contributed by atoms with Crippen molar-refractivity contribution in [2.45, 2.75) is 40.5 Å². The number of imidazole rings is 1. The number of carbonyl (C=O) groups is 1. The Bertz CT molecular complexity index is 1820. The van der Waals surface area contributed by atoms with E-state index in [1.54, 1.807) is 0 Å². The largest absolute Gasteiger partial charge is 0.354 e. The first-order valence-electron chi connectivity index (χ1n) is 12.8. The molecular formula is C32H30N4O. The van der Waals surface area contributed by atoms with Crippen LogP contribution in [-0.2, 0) is 17.6 Å². The van der Waals surface area contributed by atoms with Gasteiger partial charge in [0.25, 0.3) is 0 Å².